The number of amides is 1. The zero-order chi connectivity index (χ0) is 20.4. The molecule has 1 saturated carbocycles. The SMILES string of the molecule is Cc1cc(C)nc(Nc2cccc(C(=O)Nc3ccc(C4(C#N)CC4)cc3)c2)n1. The van der Waals surface area contributed by atoms with E-state index in [2.05, 4.69) is 26.7 Å². The van der Waals surface area contributed by atoms with Crippen LogP contribution in [0.1, 0.15) is 40.2 Å². The number of hydrogen-bond donors (Lipinski definition) is 2. The zero-order valence-corrected chi connectivity index (χ0v) is 16.4. The Labute approximate surface area is 169 Å². The molecule has 2 aromatic carbocycles. The number of nitrogens with zero attached hydrogens (tertiary/aromatic N) is 3. The van der Waals surface area contributed by atoms with Gasteiger partial charge in [-0.25, -0.2) is 9.97 Å². The summed E-state index contributed by atoms with van der Waals surface area (Å²) < 4.78 is 0. The largest absolute Gasteiger partial charge is 0.324 e. The molecule has 6 heteroatoms. The van der Waals surface area contributed by atoms with Crippen molar-refractivity contribution in [1.29, 1.82) is 5.26 Å². The number of aryl methyl sites for hydroxylation is 2. The van der Waals surface area contributed by atoms with E-state index in [-0.39, 0.29) is 11.3 Å². The highest BCUT2D eigenvalue weighted by atomic mass is 16.1. The van der Waals surface area contributed by atoms with Gasteiger partial charge in [0.05, 0.1) is 11.5 Å². The molecule has 0 radical (unpaired) electrons. The van der Waals surface area contributed by atoms with E-state index in [1.807, 2.05) is 56.3 Å². The van der Waals surface area contributed by atoms with Crippen LogP contribution in [0, 0.1) is 25.2 Å². The Kier molecular flexibility index (Phi) is 4.73. The summed E-state index contributed by atoms with van der Waals surface area (Å²) in [6.45, 7) is 3.83. The maximum atomic E-state index is 12.7. The summed E-state index contributed by atoms with van der Waals surface area (Å²) in [6, 6.07) is 19.0. The summed E-state index contributed by atoms with van der Waals surface area (Å²) in [5.74, 6) is 0.298. The van der Waals surface area contributed by atoms with Crippen molar-refractivity contribution in [3.63, 3.8) is 0 Å². The van der Waals surface area contributed by atoms with E-state index in [1.54, 1.807) is 12.1 Å². The van der Waals surface area contributed by atoms with Gasteiger partial charge in [-0.1, -0.05) is 18.2 Å². The molecule has 2 N–H and O–H groups in total. The number of carbonyl (C=O) groups is 1. The van der Waals surface area contributed by atoms with Gasteiger partial charge in [0.2, 0.25) is 5.95 Å². The number of benzene rings is 2. The van der Waals surface area contributed by atoms with Crippen LogP contribution in [-0.2, 0) is 5.41 Å². The van der Waals surface area contributed by atoms with Gasteiger partial charge < -0.3 is 10.6 Å². The lowest BCUT2D eigenvalue weighted by molar-refractivity contribution is 0.102. The van der Waals surface area contributed by atoms with E-state index >= 15 is 0 Å². The van der Waals surface area contributed by atoms with Crippen molar-refractivity contribution in [2.75, 3.05) is 10.6 Å². The Morgan fingerprint density at radius 1 is 1.00 bits per heavy atom. The molecule has 29 heavy (non-hydrogen) atoms. The van der Waals surface area contributed by atoms with Gasteiger partial charge in [-0.3, -0.25) is 4.79 Å². The minimum Gasteiger partial charge on any atom is -0.324 e. The van der Waals surface area contributed by atoms with Gasteiger partial charge in [0.1, 0.15) is 0 Å². The van der Waals surface area contributed by atoms with E-state index in [0.717, 1.165) is 35.5 Å². The lowest BCUT2D eigenvalue weighted by atomic mass is 9.98. The predicted molar refractivity (Wildman–Crippen MR) is 112 cm³/mol. The number of carbonyl (C=O) groups excluding carboxylic acids is 1. The maximum Gasteiger partial charge on any atom is 0.255 e. The highest BCUT2D eigenvalue weighted by molar-refractivity contribution is 6.04. The average Bonchev–Trinajstić information content (AvgIpc) is 3.49. The van der Waals surface area contributed by atoms with Crippen LogP contribution in [0.4, 0.5) is 17.3 Å². The fraction of sp³-hybridized carbons (Fsp3) is 0.217. The lowest BCUT2D eigenvalue weighted by Gasteiger charge is -2.10. The Morgan fingerprint density at radius 3 is 2.31 bits per heavy atom. The van der Waals surface area contributed by atoms with Crippen molar-refractivity contribution in [3.05, 3.63) is 77.1 Å². The van der Waals surface area contributed by atoms with Crippen LogP contribution >= 0.6 is 0 Å². The smallest absolute Gasteiger partial charge is 0.255 e. The van der Waals surface area contributed by atoms with Crippen LogP contribution < -0.4 is 10.6 Å². The molecule has 0 saturated heterocycles. The highest BCUT2D eigenvalue weighted by Gasteiger charge is 2.44. The molecule has 0 atom stereocenters. The Balaban J connectivity index is 1.46. The van der Waals surface area contributed by atoms with E-state index < -0.39 is 0 Å². The molecule has 0 spiro atoms. The molecule has 0 bridgehead atoms. The maximum absolute atomic E-state index is 12.7. The molecule has 1 aliphatic rings. The number of nitriles is 1. The first kappa shape index (κ1) is 18.6. The van der Waals surface area contributed by atoms with Crippen LogP contribution in [0.15, 0.2) is 54.6 Å². The Hall–Kier alpha value is -3.72. The molecular formula is C23H21N5O. The first-order valence-electron chi connectivity index (χ1n) is 9.50. The fourth-order valence-electron chi connectivity index (χ4n) is 3.32. The summed E-state index contributed by atoms with van der Waals surface area (Å²) >= 11 is 0. The van der Waals surface area contributed by atoms with Crippen molar-refractivity contribution in [2.24, 2.45) is 0 Å². The number of nitrogens with one attached hydrogen (secondary N) is 2. The lowest BCUT2D eigenvalue weighted by Crippen LogP contribution is -2.12. The summed E-state index contributed by atoms with van der Waals surface area (Å²) in [6.07, 6.45) is 1.80. The van der Waals surface area contributed by atoms with Gasteiger partial charge in [-0.15, -0.1) is 0 Å². The van der Waals surface area contributed by atoms with E-state index in [9.17, 15) is 10.1 Å². The minimum absolute atomic E-state index is 0.204. The third-order valence-electron chi connectivity index (χ3n) is 5.02. The predicted octanol–water partition coefficient (Wildman–Crippen LogP) is 4.64. The second-order valence-corrected chi connectivity index (χ2v) is 7.41. The normalized spacial score (nSPS) is 14.0. The van der Waals surface area contributed by atoms with Crippen LogP contribution in [-0.4, -0.2) is 15.9 Å². The molecule has 1 heterocycles. The molecule has 1 aromatic heterocycles. The zero-order valence-electron chi connectivity index (χ0n) is 16.4. The summed E-state index contributed by atoms with van der Waals surface area (Å²) in [4.78, 5) is 21.4. The monoisotopic (exact) mass is 383 g/mol. The average molecular weight is 383 g/mol. The van der Waals surface area contributed by atoms with Crippen LogP contribution in [0.25, 0.3) is 0 Å². The second kappa shape index (κ2) is 7.36. The van der Waals surface area contributed by atoms with Crippen molar-refractivity contribution in [1.82, 2.24) is 9.97 Å². The molecule has 0 aliphatic heterocycles. The molecule has 1 aliphatic carbocycles. The number of rotatable bonds is 5. The highest BCUT2D eigenvalue weighted by Crippen LogP contribution is 2.47. The quantitative estimate of drug-likeness (QED) is 0.669. The summed E-state index contributed by atoms with van der Waals surface area (Å²) in [5.41, 5.74) is 4.41. The summed E-state index contributed by atoms with van der Waals surface area (Å²) in [5, 5.41) is 15.4. The summed E-state index contributed by atoms with van der Waals surface area (Å²) in [7, 11) is 0. The van der Waals surface area contributed by atoms with Gasteiger partial charge in [0.15, 0.2) is 0 Å². The number of aromatic nitrogens is 2. The molecule has 144 valence electrons. The molecule has 0 unspecified atom stereocenters. The van der Waals surface area contributed by atoms with Crippen LogP contribution in [0.2, 0.25) is 0 Å². The first-order valence-corrected chi connectivity index (χ1v) is 9.50. The molecule has 1 fully saturated rings. The van der Waals surface area contributed by atoms with Crippen LogP contribution in [0.3, 0.4) is 0 Å². The number of hydrogen-bond acceptors (Lipinski definition) is 5. The fourth-order valence-corrected chi connectivity index (χ4v) is 3.32. The first-order chi connectivity index (χ1) is 14.0. The van der Waals surface area contributed by atoms with Gasteiger partial charge in [-0.05, 0) is 68.7 Å². The van der Waals surface area contributed by atoms with Crippen LogP contribution in [0.5, 0.6) is 0 Å². The second-order valence-electron chi connectivity index (χ2n) is 7.41. The molecular weight excluding hydrogens is 362 g/mol. The van der Waals surface area contributed by atoms with Gasteiger partial charge in [0, 0.05) is 28.3 Å². The molecule has 1 amide bonds. The van der Waals surface area contributed by atoms with Gasteiger partial charge >= 0.3 is 0 Å². The van der Waals surface area contributed by atoms with E-state index in [0.29, 0.717) is 17.2 Å². The Bertz CT molecular complexity index is 1090. The molecule has 4 rings (SSSR count). The van der Waals surface area contributed by atoms with E-state index in [4.69, 9.17) is 0 Å². The molecule has 6 nitrogen and oxygen atoms in total. The van der Waals surface area contributed by atoms with E-state index in [1.165, 1.54) is 0 Å². The van der Waals surface area contributed by atoms with Crippen molar-refractivity contribution < 1.29 is 4.79 Å². The third-order valence-corrected chi connectivity index (χ3v) is 5.02. The Morgan fingerprint density at radius 2 is 1.69 bits per heavy atom. The van der Waals surface area contributed by atoms with Crippen molar-refractivity contribution in [2.45, 2.75) is 32.1 Å². The number of anilines is 3. The molecule has 3 aromatic rings. The van der Waals surface area contributed by atoms with Gasteiger partial charge in [-0.2, -0.15) is 5.26 Å². The topological polar surface area (TPSA) is 90.7 Å². The van der Waals surface area contributed by atoms with Crippen molar-refractivity contribution >= 4 is 23.2 Å². The minimum atomic E-state index is -0.321. The third kappa shape index (κ3) is 4.09. The van der Waals surface area contributed by atoms with Gasteiger partial charge in [0.25, 0.3) is 5.91 Å². The van der Waals surface area contributed by atoms with Crippen molar-refractivity contribution in [3.8, 4) is 6.07 Å². The standard InChI is InChI=1S/C23H21N5O/c1-15-12-16(2)26-22(25-15)28-20-5-3-4-17(13-20)21(29)27-19-8-6-18(7-9-19)23(14-24)10-11-23/h3-9,12-13H,10-11H2,1-2H3,(H,27,29)(H,25,26,28).